The molecular formula is C9H9BrO4. The smallest absolute Gasteiger partial charge is 0.204 e. The molecule has 0 aromatic heterocycles. The van der Waals surface area contributed by atoms with Crippen LogP contribution in [0.2, 0.25) is 0 Å². The molecule has 0 amide bonds. The standard InChI is InChI=1S/C9H9BrO4/c1-13-6-3-5(4-11)7(10)8(12)9(6)14-2/h3-4,12H,1-2H3. The molecule has 0 bridgehead atoms. The van der Waals surface area contributed by atoms with E-state index in [2.05, 4.69) is 15.9 Å². The van der Waals surface area contributed by atoms with E-state index in [-0.39, 0.29) is 11.5 Å². The van der Waals surface area contributed by atoms with Crippen molar-refractivity contribution >= 4 is 22.2 Å². The molecule has 1 aromatic rings. The van der Waals surface area contributed by atoms with Gasteiger partial charge in [0.25, 0.3) is 0 Å². The highest BCUT2D eigenvalue weighted by molar-refractivity contribution is 9.10. The van der Waals surface area contributed by atoms with Crippen molar-refractivity contribution in [2.24, 2.45) is 0 Å². The second kappa shape index (κ2) is 4.32. The molecule has 1 aromatic carbocycles. The Balaban J connectivity index is 3.45. The van der Waals surface area contributed by atoms with E-state index >= 15 is 0 Å². The van der Waals surface area contributed by atoms with Crippen LogP contribution in [-0.4, -0.2) is 25.6 Å². The number of carbonyl (C=O) groups is 1. The summed E-state index contributed by atoms with van der Waals surface area (Å²) < 4.78 is 10.2. The van der Waals surface area contributed by atoms with Crippen LogP contribution in [0, 0.1) is 0 Å². The molecule has 0 spiro atoms. The fourth-order valence-electron chi connectivity index (χ4n) is 1.06. The Morgan fingerprint density at radius 1 is 1.43 bits per heavy atom. The molecule has 1 rings (SSSR count). The summed E-state index contributed by atoms with van der Waals surface area (Å²) in [7, 11) is 2.84. The topological polar surface area (TPSA) is 55.8 Å². The number of aldehydes is 1. The zero-order valence-electron chi connectivity index (χ0n) is 7.70. The summed E-state index contributed by atoms with van der Waals surface area (Å²) in [5.41, 5.74) is 0.306. The summed E-state index contributed by atoms with van der Waals surface area (Å²) in [6.07, 6.45) is 0.617. The third kappa shape index (κ3) is 1.68. The van der Waals surface area contributed by atoms with E-state index in [0.717, 1.165) is 0 Å². The van der Waals surface area contributed by atoms with E-state index in [4.69, 9.17) is 9.47 Å². The van der Waals surface area contributed by atoms with Crippen molar-refractivity contribution in [3.05, 3.63) is 16.1 Å². The lowest BCUT2D eigenvalue weighted by Crippen LogP contribution is -1.94. The lowest BCUT2D eigenvalue weighted by molar-refractivity contribution is 0.112. The molecule has 0 atom stereocenters. The first-order valence-corrected chi connectivity index (χ1v) is 4.53. The molecule has 5 heteroatoms. The van der Waals surface area contributed by atoms with Gasteiger partial charge in [0.05, 0.1) is 18.7 Å². The Hall–Kier alpha value is -1.23. The summed E-state index contributed by atoms with van der Waals surface area (Å²) in [5.74, 6) is 0.370. The van der Waals surface area contributed by atoms with E-state index in [1.54, 1.807) is 0 Å². The van der Waals surface area contributed by atoms with Gasteiger partial charge in [-0.15, -0.1) is 0 Å². The van der Waals surface area contributed by atoms with E-state index in [0.29, 0.717) is 22.1 Å². The van der Waals surface area contributed by atoms with Gasteiger partial charge in [-0.3, -0.25) is 4.79 Å². The van der Waals surface area contributed by atoms with Crippen molar-refractivity contribution in [2.75, 3.05) is 14.2 Å². The minimum atomic E-state index is -0.144. The van der Waals surface area contributed by atoms with Crippen LogP contribution < -0.4 is 9.47 Å². The lowest BCUT2D eigenvalue weighted by atomic mass is 10.2. The van der Waals surface area contributed by atoms with Crippen LogP contribution in [-0.2, 0) is 0 Å². The predicted octanol–water partition coefficient (Wildman–Crippen LogP) is 1.98. The third-order valence-electron chi connectivity index (χ3n) is 1.74. The largest absolute Gasteiger partial charge is 0.503 e. The van der Waals surface area contributed by atoms with Gasteiger partial charge in [0.2, 0.25) is 5.75 Å². The molecule has 0 saturated heterocycles. The van der Waals surface area contributed by atoms with Crippen molar-refractivity contribution in [3.63, 3.8) is 0 Å². The maximum absolute atomic E-state index is 10.6. The van der Waals surface area contributed by atoms with Gasteiger partial charge in [-0.1, -0.05) is 0 Å². The Morgan fingerprint density at radius 3 is 2.50 bits per heavy atom. The quantitative estimate of drug-likeness (QED) is 0.845. The Kier molecular flexibility index (Phi) is 3.35. The summed E-state index contributed by atoms with van der Waals surface area (Å²) in [5, 5.41) is 9.61. The van der Waals surface area contributed by atoms with E-state index in [1.165, 1.54) is 20.3 Å². The molecule has 14 heavy (non-hydrogen) atoms. The van der Waals surface area contributed by atoms with E-state index in [9.17, 15) is 9.90 Å². The number of halogens is 1. The highest BCUT2D eigenvalue weighted by Gasteiger charge is 2.16. The Labute approximate surface area is 89.6 Å². The molecule has 0 aliphatic carbocycles. The minimum absolute atomic E-state index is 0.144. The Bertz CT molecular complexity index is 362. The molecule has 0 heterocycles. The molecule has 0 unspecified atom stereocenters. The second-order valence-corrected chi connectivity index (χ2v) is 3.27. The number of phenols is 1. The van der Waals surface area contributed by atoms with Crippen molar-refractivity contribution in [1.29, 1.82) is 0 Å². The van der Waals surface area contributed by atoms with Gasteiger partial charge in [0.15, 0.2) is 17.8 Å². The molecule has 4 nitrogen and oxygen atoms in total. The van der Waals surface area contributed by atoms with Crippen molar-refractivity contribution in [3.8, 4) is 17.2 Å². The molecule has 76 valence electrons. The minimum Gasteiger partial charge on any atom is -0.503 e. The molecular weight excluding hydrogens is 252 g/mol. The fourth-order valence-corrected chi connectivity index (χ4v) is 1.45. The molecule has 0 radical (unpaired) electrons. The van der Waals surface area contributed by atoms with Gasteiger partial charge in [-0.25, -0.2) is 0 Å². The summed E-state index contributed by atoms with van der Waals surface area (Å²) in [6.45, 7) is 0. The SMILES string of the molecule is COc1cc(C=O)c(Br)c(O)c1OC. The maximum atomic E-state index is 10.6. The van der Waals surface area contributed by atoms with Crippen LogP contribution in [0.1, 0.15) is 10.4 Å². The van der Waals surface area contributed by atoms with Crippen LogP contribution in [0.25, 0.3) is 0 Å². The number of rotatable bonds is 3. The predicted molar refractivity (Wildman–Crippen MR) is 54.3 cm³/mol. The van der Waals surface area contributed by atoms with E-state index in [1.807, 2.05) is 0 Å². The summed E-state index contributed by atoms with van der Waals surface area (Å²) in [6, 6.07) is 1.48. The number of ether oxygens (including phenoxy) is 2. The normalized spacial score (nSPS) is 9.64. The van der Waals surface area contributed by atoms with Crippen LogP contribution >= 0.6 is 15.9 Å². The maximum Gasteiger partial charge on any atom is 0.204 e. The number of benzene rings is 1. The number of phenolic OH excluding ortho intramolecular Hbond substituents is 1. The fraction of sp³-hybridized carbons (Fsp3) is 0.222. The first-order valence-electron chi connectivity index (χ1n) is 3.74. The van der Waals surface area contributed by atoms with Gasteiger partial charge in [-0.2, -0.15) is 0 Å². The average Bonchev–Trinajstić information content (AvgIpc) is 2.21. The van der Waals surface area contributed by atoms with Gasteiger partial charge < -0.3 is 14.6 Å². The number of carbonyl (C=O) groups excluding carboxylic acids is 1. The number of hydrogen-bond acceptors (Lipinski definition) is 4. The lowest BCUT2D eigenvalue weighted by Gasteiger charge is -2.11. The van der Waals surface area contributed by atoms with Gasteiger partial charge >= 0.3 is 0 Å². The van der Waals surface area contributed by atoms with Crippen molar-refractivity contribution in [1.82, 2.24) is 0 Å². The van der Waals surface area contributed by atoms with Crippen LogP contribution in [0.4, 0.5) is 0 Å². The second-order valence-electron chi connectivity index (χ2n) is 2.48. The molecule has 0 fully saturated rings. The summed E-state index contributed by atoms with van der Waals surface area (Å²) >= 11 is 3.08. The zero-order valence-corrected chi connectivity index (χ0v) is 9.29. The monoisotopic (exact) mass is 260 g/mol. The van der Waals surface area contributed by atoms with Gasteiger partial charge in [0, 0.05) is 5.56 Å². The first-order chi connectivity index (χ1) is 6.65. The number of methoxy groups -OCH3 is 2. The van der Waals surface area contributed by atoms with Crippen LogP contribution in [0.3, 0.4) is 0 Å². The number of hydrogen-bond donors (Lipinski definition) is 1. The molecule has 0 saturated carbocycles. The molecule has 0 aliphatic heterocycles. The van der Waals surface area contributed by atoms with Crippen LogP contribution in [0.5, 0.6) is 17.2 Å². The Morgan fingerprint density at radius 2 is 2.07 bits per heavy atom. The zero-order chi connectivity index (χ0) is 10.7. The number of aromatic hydroxyl groups is 1. The first kappa shape index (κ1) is 10.8. The van der Waals surface area contributed by atoms with Crippen molar-refractivity contribution in [2.45, 2.75) is 0 Å². The highest BCUT2D eigenvalue weighted by atomic mass is 79.9. The average molecular weight is 261 g/mol. The van der Waals surface area contributed by atoms with Gasteiger partial charge in [0.1, 0.15) is 0 Å². The van der Waals surface area contributed by atoms with Crippen molar-refractivity contribution < 1.29 is 19.4 Å². The third-order valence-corrected chi connectivity index (χ3v) is 2.57. The van der Waals surface area contributed by atoms with Gasteiger partial charge in [-0.05, 0) is 22.0 Å². The summed E-state index contributed by atoms with van der Waals surface area (Å²) in [4.78, 5) is 10.6. The molecule has 1 N–H and O–H groups in total. The van der Waals surface area contributed by atoms with E-state index < -0.39 is 0 Å². The highest BCUT2D eigenvalue weighted by Crippen LogP contribution is 2.43. The molecule has 0 aliphatic rings. The van der Waals surface area contributed by atoms with Crippen LogP contribution in [0.15, 0.2) is 10.5 Å².